The zero-order chi connectivity index (χ0) is 19.4. The highest BCUT2D eigenvalue weighted by Crippen LogP contribution is 2.33. The molecule has 1 aliphatic heterocycles. The van der Waals surface area contributed by atoms with E-state index in [0.717, 1.165) is 31.0 Å². The summed E-state index contributed by atoms with van der Waals surface area (Å²) in [7, 11) is 0. The fourth-order valence-corrected chi connectivity index (χ4v) is 4.08. The number of aryl methyl sites for hydroxylation is 1. The number of aromatic nitrogens is 2. The third kappa shape index (κ3) is 4.93. The first-order valence-corrected chi connectivity index (χ1v) is 9.69. The van der Waals surface area contributed by atoms with Crippen LogP contribution in [0.15, 0.2) is 30.3 Å². The van der Waals surface area contributed by atoms with E-state index in [1.807, 2.05) is 20.8 Å². The maximum atomic E-state index is 11.8. The van der Waals surface area contributed by atoms with Gasteiger partial charge in [-0.15, -0.1) is 12.4 Å². The standard InChI is InChI=1S/C21H30N4O2.ClH/c1-4-27-21(26)14-25-16(3)19(15(2)23-25)12-24-11-18(10-22)20(13-24)17-8-6-5-7-9-17;/h5-9,18,20H,4,10-14,22H2,1-3H3;1H/t18-,20+;/m1./s1. The normalized spacial score (nSPS) is 19.4. The Balaban J connectivity index is 0.00000280. The van der Waals surface area contributed by atoms with E-state index >= 15 is 0 Å². The summed E-state index contributed by atoms with van der Waals surface area (Å²) < 4.78 is 6.81. The van der Waals surface area contributed by atoms with Crippen LogP contribution in [0.25, 0.3) is 0 Å². The molecule has 2 N–H and O–H groups in total. The summed E-state index contributed by atoms with van der Waals surface area (Å²) in [5.74, 6) is 0.678. The molecule has 2 heterocycles. The Kier molecular flexibility index (Phi) is 8.04. The van der Waals surface area contributed by atoms with Crippen molar-refractivity contribution >= 4 is 18.4 Å². The first-order chi connectivity index (χ1) is 13.0. The summed E-state index contributed by atoms with van der Waals surface area (Å²) in [5, 5.41) is 4.56. The second-order valence-electron chi connectivity index (χ2n) is 7.32. The van der Waals surface area contributed by atoms with Crippen LogP contribution in [0, 0.1) is 19.8 Å². The lowest BCUT2D eigenvalue weighted by Crippen LogP contribution is -2.23. The molecule has 7 heteroatoms. The van der Waals surface area contributed by atoms with Crippen LogP contribution in [-0.4, -0.2) is 46.9 Å². The van der Waals surface area contributed by atoms with Gasteiger partial charge in [-0.3, -0.25) is 14.4 Å². The number of hydrogen-bond donors (Lipinski definition) is 1. The Hall–Kier alpha value is -1.89. The van der Waals surface area contributed by atoms with Gasteiger partial charge < -0.3 is 10.5 Å². The number of carbonyl (C=O) groups is 1. The van der Waals surface area contributed by atoms with Gasteiger partial charge in [-0.05, 0) is 38.8 Å². The molecule has 1 aromatic heterocycles. The van der Waals surface area contributed by atoms with E-state index in [0.29, 0.717) is 25.0 Å². The van der Waals surface area contributed by atoms with Crippen LogP contribution in [0.5, 0.6) is 0 Å². The Morgan fingerprint density at radius 1 is 1.25 bits per heavy atom. The number of rotatable bonds is 7. The van der Waals surface area contributed by atoms with Crippen molar-refractivity contribution in [1.82, 2.24) is 14.7 Å². The predicted octanol–water partition coefficient (Wildman–Crippen LogP) is 2.66. The van der Waals surface area contributed by atoms with E-state index in [-0.39, 0.29) is 24.9 Å². The molecule has 6 nitrogen and oxygen atoms in total. The molecule has 0 amide bonds. The van der Waals surface area contributed by atoms with Crippen molar-refractivity contribution in [3.05, 3.63) is 52.8 Å². The average Bonchev–Trinajstić information content (AvgIpc) is 3.19. The number of ether oxygens (including phenoxy) is 1. The average molecular weight is 407 g/mol. The maximum Gasteiger partial charge on any atom is 0.327 e. The lowest BCUT2D eigenvalue weighted by atomic mass is 9.89. The molecular weight excluding hydrogens is 376 g/mol. The van der Waals surface area contributed by atoms with Crippen LogP contribution >= 0.6 is 12.4 Å². The molecule has 0 saturated carbocycles. The van der Waals surface area contributed by atoms with Gasteiger partial charge in [0.25, 0.3) is 0 Å². The molecule has 1 saturated heterocycles. The Labute approximate surface area is 173 Å². The summed E-state index contributed by atoms with van der Waals surface area (Å²) >= 11 is 0. The summed E-state index contributed by atoms with van der Waals surface area (Å²) in [6, 6.07) is 10.6. The Morgan fingerprint density at radius 3 is 2.61 bits per heavy atom. The minimum Gasteiger partial charge on any atom is -0.465 e. The van der Waals surface area contributed by atoms with Gasteiger partial charge in [0, 0.05) is 36.8 Å². The Bertz CT molecular complexity index is 778. The van der Waals surface area contributed by atoms with Crippen LogP contribution < -0.4 is 5.73 Å². The van der Waals surface area contributed by atoms with E-state index in [4.69, 9.17) is 10.5 Å². The maximum absolute atomic E-state index is 11.8. The van der Waals surface area contributed by atoms with Crippen molar-refractivity contribution in [1.29, 1.82) is 0 Å². The Morgan fingerprint density at radius 2 is 1.96 bits per heavy atom. The van der Waals surface area contributed by atoms with Crippen molar-refractivity contribution in [2.24, 2.45) is 11.7 Å². The van der Waals surface area contributed by atoms with E-state index in [1.54, 1.807) is 4.68 Å². The molecule has 3 rings (SSSR count). The molecule has 1 aromatic carbocycles. The van der Waals surface area contributed by atoms with Crippen molar-refractivity contribution in [3.8, 4) is 0 Å². The van der Waals surface area contributed by atoms with Crippen LogP contribution in [-0.2, 0) is 22.6 Å². The number of esters is 1. The van der Waals surface area contributed by atoms with Crippen LogP contribution in [0.4, 0.5) is 0 Å². The molecule has 1 aliphatic rings. The predicted molar refractivity (Wildman–Crippen MR) is 113 cm³/mol. The molecule has 2 atom stereocenters. The van der Waals surface area contributed by atoms with Gasteiger partial charge in [-0.2, -0.15) is 5.10 Å². The largest absolute Gasteiger partial charge is 0.465 e. The molecule has 154 valence electrons. The summed E-state index contributed by atoms with van der Waals surface area (Å²) in [4.78, 5) is 14.3. The lowest BCUT2D eigenvalue weighted by molar-refractivity contribution is -0.144. The highest BCUT2D eigenvalue weighted by molar-refractivity contribution is 5.85. The highest BCUT2D eigenvalue weighted by Gasteiger charge is 2.33. The zero-order valence-electron chi connectivity index (χ0n) is 16.9. The van der Waals surface area contributed by atoms with Gasteiger partial charge in [-0.1, -0.05) is 30.3 Å². The number of benzene rings is 1. The third-order valence-corrected chi connectivity index (χ3v) is 5.54. The monoisotopic (exact) mass is 406 g/mol. The van der Waals surface area contributed by atoms with Gasteiger partial charge in [0.2, 0.25) is 0 Å². The van der Waals surface area contributed by atoms with Crippen molar-refractivity contribution in [3.63, 3.8) is 0 Å². The number of nitrogens with zero attached hydrogens (tertiary/aromatic N) is 3. The number of carbonyl (C=O) groups excluding carboxylic acids is 1. The van der Waals surface area contributed by atoms with Gasteiger partial charge in [0.15, 0.2) is 0 Å². The number of halogens is 1. The van der Waals surface area contributed by atoms with E-state index in [9.17, 15) is 4.79 Å². The molecule has 2 aromatic rings. The van der Waals surface area contributed by atoms with Gasteiger partial charge in [0.1, 0.15) is 6.54 Å². The van der Waals surface area contributed by atoms with Gasteiger partial charge in [-0.25, -0.2) is 0 Å². The second kappa shape index (κ2) is 10.0. The first-order valence-electron chi connectivity index (χ1n) is 9.69. The van der Waals surface area contributed by atoms with E-state index < -0.39 is 0 Å². The lowest BCUT2D eigenvalue weighted by Gasteiger charge is -2.17. The molecule has 0 spiro atoms. The van der Waals surface area contributed by atoms with Crippen LogP contribution in [0.3, 0.4) is 0 Å². The molecule has 1 fully saturated rings. The fraction of sp³-hybridized carbons (Fsp3) is 0.524. The number of hydrogen-bond acceptors (Lipinski definition) is 5. The molecule has 28 heavy (non-hydrogen) atoms. The van der Waals surface area contributed by atoms with Crippen molar-refractivity contribution in [2.75, 3.05) is 26.2 Å². The summed E-state index contributed by atoms with van der Waals surface area (Å²) in [6.45, 7) is 9.91. The van der Waals surface area contributed by atoms with Gasteiger partial charge in [0.05, 0.1) is 12.3 Å². The first kappa shape index (κ1) is 22.4. The summed E-state index contributed by atoms with van der Waals surface area (Å²) in [6.07, 6.45) is 0. The third-order valence-electron chi connectivity index (χ3n) is 5.54. The smallest absolute Gasteiger partial charge is 0.327 e. The minimum absolute atomic E-state index is 0. The molecule has 0 unspecified atom stereocenters. The van der Waals surface area contributed by atoms with Crippen LogP contribution in [0.2, 0.25) is 0 Å². The fourth-order valence-electron chi connectivity index (χ4n) is 4.08. The SMILES string of the molecule is CCOC(=O)Cn1nc(C)c(CN2C[C@@H](CN)[C@H](c3ccccc3)C2)c1C.Cl. The van der Waals surface area contributed by atoms with E-state index in [2.05, 4.69) is 40.3 Å². The topological polar surface area (TPSA) is 73.4 Å². The second-order valence-corrected chi connectivity index (χ2v) is 7.32. The quantitative estimate of drug-likeness (QED) is 0.715. The molecule has 0 aliphatic carbocycles. The van der Waals surface area contributed by atoms with Gasteiger partial charge >= 0.3 is 5.97 Å². The minimum atomic E-state index is -0.247. The molecular formula is C21H31ClN4O2. The van der Waals surface area contributed by atoms with Crippen molar-refractivity contribution in [2.45, 2.75) is 39.8 Å². The van der Waals surface area contributed by atoms with Crippen LogP contribution in [0.1, 0.15) is 35.4 Å². The summed E-state index contributed by atoms with van der Waals surface area (Å²) in [5.41, 5.74) is 10.6. The zero-order valence-corrected chi connectivity index (χ0v) is 17.7. The number of likely N-dealkylation sites (tertiary alicyclic amines) is 1. The van der Waals surface area contributed by atoms with Crippen molar-refractivity contribution < 1.29 is 9.53 Å². The van der Waals surface area contributed by atoms with E-state index in [1.165, 1.54) is 11.1 Å². The molecule has 0 radical (unpaired) electrons. The highest BCUT2D eigenvalue weighted by atomic mass is 35.5. The number of nitrogens with two attached hydrogens (primary N) is 1. The molecule has 0 bridgehead atoms.